The average molecular weight is 318 g/mol. The minimum Gasteiger partial charge on any atom is -0.491 e. The van der Waals surface area contributed by atoms with E-state index in [0.717, 1.165) is 26.1 Å². The molecule has 0 aromatic heterocycles. The molecule has 0 radical (unpaired) electrons. The van der Waals surface area contributed by atoms with Gasteiger partial charge in [-0.25, -0.2) is 0 Å². The molecule has 1 aliphatic rings. The summed E-state index contributed by atoms with van der Waals surface area (Å²) in [5.74, 6) is 1.22. The first-order chi connectivity index (χ1) is 11.1. The van der Waals surface area contributed by atoms with E-state index in [2.05, 4.69) is 24.8 Å². The Morgan fingerprint density at radius 1 is 1.30 bits per heavy atom. The predicted octanol–water partition coefficient (Wildman–Crippen LogP) is 2.04. The lowest BCUT2D eigenvalue weighted by atomic mass is 10.2. The lowest BCUT2D eigenvalue weighted by molar-refractivity contribution is 0.0332. The Bertz CT molecular complexity index is 510. The molecule has 1 aromatic carbocycles. The molecule has 1 N–H and O–H groups in total. The van der Waals surface area contributed by atoms with E-state index in [4.69, 9.17) is 14.7 Å². The van der Waals surface area contributed by atoms with Crippen LogP contribution >= 0.6 is 0 Å². The van der Waals surface area contributed by atoms with Crippen LogP contribution in [0.25, 0.3) is 0 Å². The van der Waals surface area contributed by atoms with E-state index in [1.54, 1.807) is 24.3 Å². The third kappa shape index (κ3) is 6.19. The summed E-state index contributed by atoms with van der Waals surface area (Å²) in [5.41, 5.74) is 0.599. The summed E-state index contributed by atoms with van der Waals surface area (Å²) in [4.78, 5) is 2.22. The minimum absolute atomic E-state index is 0.250. The second kappa shape index (κ2) is 8.88. The van der Waals surface area contributed by atoms with Gasteiger partial charge in [0.05, 0.1) is 17.7 Å². The molecule has 2 rings (SSSR count). The molecule has 0 saturated carbocycles. The Morgan fingerprint density at radius 2 is 2.04 bits per heavy atom. The Labute approximate surface area is 138 Å². The van der Waals surface area contributed by atoms with Crippen molar-refractivity contribution in [1.29, 1.82) is 5.26 Å². The summed E-state index contributed by atoms with van der Waals surface area (Å²) in [6, 6.07) is 8.97. The van der Waals surface area contributed by atoms with Gasteiger partial charge < -0.3 is 14.6 Å². The summed E-state index contributed by atoms with van der Waals surface area (Å²) in [5, 5.41) is 18.9. The number of aliphatic hydroxyl groups is 1. The molecule has 2 unspecified atom stereocenters. The van der Waals surface area contributed by atoms with Gasteiger partial charge in [-0.1, -0.05) is 13.8 Å². The molecule has 0 spiro atoms. The highest BCUT2D eigenvalue weighted by molar-refractivity contribution is 5.34. The molecule has 2 atom stereocenters. The van der Waals surface area contributed by atoms with Crippen LogP contribution < -0.4 is 4.74 Å². The lowest BCUT2D eigenvalue weighted by Gasteiger charge is -2.20. The Balaban J connectivity index is 1.66. The fraction of sp³-hybridized carbons (Fsp3) is 0.611. The van der Waals surface area contributed by atoms with Crippen molar-refractivity contribution in [3.8, 4) is 11.8 Å². The summed E-state index contributed by atoms with van der Waals surface area (Å²) in [7, 11) is 0. The third-order valence-corrected chi connectivity index (χ3v) is 3.79. The molecule has 5 nitrogen and oxygen atoms in total. The van der Waals surface area contributed by atoms with E-state index in [1.165, 1.54) is 0 Å². The van der Waals surface area contributed by atoms with Crippen LogP contribution in [0.4, 0.5) is 0 Å². The maximum atomic E-state index is 10.1. The first-order valence-corrected chi connectivity index (χ1v) is 8.21. The lowest BCUT2D eigenvalue weighted by Crippen LogP contribution is -2.35. The molecular formula is C18H26N2O3. The largest absolute Gasteiger partial charge is 0.491 e. The standard InChI is InChI=1S/C18H26N2O3/c1-14(2)12-22-18-7-8-20(11-18)10-16(21)13-23-17-5-3-15(9-19)4-6-17/h3-6,14,16,18,21H,7-8,10-13H2,1-2H3. The van der Waals surface area contributed by atoms with E-state index < -0.39 is 6.10 Å². The number of hydrogen-bond donors (Lipinski definition) is 1. The molecule has 23 heavy (non-hydrogen) atoms. The van der Waals surface area contributed by atoms with E-state index in [9.17, 15) is 5.11 Å². The van der Waals surface area contributed by atoms with Crippen molar-refractivity contribution >= 4 is 0 Å². The van der Waals surface area contributed by atoms with Gasteiger partial charge in [-0.3, -0.25) is 4.90 Å². The van der Waals surface area contributed by atoms with Gasteiger partial charge in [0.25, 0.3) is 0 Å². The van der Waals surface area contributed by atoms with E-state index in [0.29, 0.717) is 23.8 Å². The number of aliphatic hydroxyl groups excluding tert-OH is 1. The summed E-state index contributed by atoms with van der Waals surface area (Å²) < 4.78 is 11.4. The van der Waals surface area contributed by atoms with Crippen LogP contribution in [0.5, 0.6) is 5.75 Å². The number of benzene rings is 1. The Kier molecular flexibility index (Phi) is 6.85. The zero-order chi connectivity index (χ0) is 16.7. The maximum absolute atomic E-state index is 10.1. The van der Waals surface area contributed by atoms with Crippen LogP contribution in [0.15, 0.2) is 24.3 Å². The topological polar surface area (TPSA) is 65.7 Å². The number of nitrogens with zero attached hydrogens (tertiary/aromatic N) is 2. The van der Waals surface area contributed by atoms with E-state index >= 15 is 0 Å². The third-order valence-electron chi connectivity index (χ3n) is 3.79. The summed E-state index contributed by atoms with van der Waals surface area (Å²) >= 11 is 0. The van der Waals surface area contributed by atoms with Crippen LogP contribution in [0.3, 0.4) is 0 Å². The second-order valence-corrected chi connectivity index (χ2v) is 6.50. The SMILES string of the molecule is CC(C)COC1CCN(CC(O)COc2ccc(C#N)cc2)C1. The van der Waals surface area contributed by atoms with Crippen molar-refractivity contribution in [3.63, 3.8) is 0 Å². The fourth-order valence-corrected chi connectivity index (χ4v) is 2.60. The van der Waals surface area contributed by atoms with Crippen LogP contribution in [-0.2, 0) is 4.74 Å². The van der Waals surface area contributed by atoms with Crippen LogP contribution in [0.1, 0.15) is 25.8 Å². The minimum atomic E-state index is -0.533. The highest BCUT2D eigenvalue weighted by atomic mass is 16.5. The summed E-state index contributed by atoms with van der Waals surface area (Å²) in [6.45, 7) is 7.77. The van der Waals surface area contributed by atoms with Crippen molar-refractivity contribution in [3.05, 3.63) is 29.8 Å². The first-order valence-electron chi connectivity index (χ1n) is 8.21. The number of nitriles is 1. The Hall–Kier alpha value is -1.61. The van der Waals surface area contributed by atoms with Crippen molar-refractivity contribution in [1.82, 2.24) is 4.90 Å². The van der Waals surface area contributed by atoms with Gasteiger partial charge in [0.15, 0.2) is 0 Å². The number of hydrogen-bond acceptors (Lipinski definition) is 5. The number of β-amino-alcohol motifs (C(OH)–C–C–N with tert-alkyl or cyclic N) is 1. The molecular weight excluding hydrogens is 292 g/mol. The van der Waals surface area contributed by atoms with Crippen molar-refractivity contribution in [2.24, 2.45) is 5.92 Å². The molecule has 126 valence electrons. The van der Waals surface area contributed by atoms with Crippen LogP contribution in [0.2, 0.25) is 0 Å². The zero-order valence-corrected chi connectivity index (χ0v) is 13.9. The van der Waals surface area contributed by atoms with Gasteiger partial charge in [0.1, 0.15) is 18.5 Å². The molecule has 0 bridgehead atoms. The highest BCUT2D eigenvalue weighted by Crippen LogP contribution is 2.15. The average Bonchev–Trinajstić information content (AvgIpc) is 2.99. The smallest absolute Gasteiger partial charge is 0.119 e. The van der Waals surface area contributed by atoms with Gasteiger partial charge in [0, 0.05) is 26.2 Å². The first kappa shape index (κ1) is 17.7. The number of rotatable bonds is 8. The van der Waals surface area contributed by atoms with Gasteiger partial charge in [-0.2, -0.15) is 5.26 Å². The van der Waals surface area contributed by atoms with Crippen LogP contribution in [-0.4, -0.2) is 55.1 Å². The molecule has 5 heteroatoms. The zero-order valence-electron chi connectivity index (χ0n) is 13.9. The molecule has 0 aliphatic carbocycles. The van der Waals surface area contributed by atoms with Gasteiger partial charge in [0.2, 0.25) is 0 Å². The molecule has 1 saturated heterocycles. The van der Waals surface area contributed by atoms with Gasteiger partial charge in [-0.15, -0.1) is 0 Å². The second-order valence-electron chi connectivity index (χ2n) is 6.50. The van der Waals surface area contributed by atoms with E-state index in [-0.39, 0.29) is 12.7 Å². The predicted molar refractivity (Wildman–Crippen MR) is 88.3 cm³/mol. The fourth-order valence-electron chi connectivity index (χ4n) is 2.60. The molecule has 0 amide bonds. The molecule has 1 fully saturated rings. The normalized spacial score (nSPS) is 19.7. The van der Waals surface area contributed by atoms with Crippen LogP contribution in [0, 0.1) is 17.2 Å². The van der Waals surface area contributed by atoms with Crippen molar-refractivity contribution < 1.29 is 14.6 Å². The molecule has 1 heterocycles. The van der Waals surface area contributed by atoms with E-state index in [1.807, 2.05) is 0 Å². The number of ether oxygens (including phenoxy) is 2. The molecule has 1 aromatic rings. The maximum Gasteiger partial charge on any atom is 0.119 e. The van der Waals surface area contributed by atoms with Gasteiger partial charge >= 0.3 is 0 Å². The number of likely N-dealkylation sites (tertiary alicyclic amines) is 1. The van der Waals surface area contributed by atoms with Crippen molar-refractivity contribution in [2.45, 2.75) is 32.5 Å². The summed E-state index contributed by atoms with van der Waals surface area (Å²) in [6.07, 6.45) is 0.772. The molecule has 1 aliphatic heterocycles. The van der Waals surface area contributed by atoms with Gasteiger partial charge in [-0.05, 0) is 36.6 Å². The Morgan fingerprint density at radius 3 is 2.70 bits per heavy atom. The van der Waals surface area contributed by atoms with Crippen molar-refractivity contribution in [2.75, 3.05) is 32.8 Å². The highest BCUT2D eigenvalue weighted by Gasteiger charge is 2.24. The quantitative estimate of drug-likeness (QED) is 0.794. The monoisotopic (exact) mass is 318 g/mol.